The molecule has 6 nitrogen and oxygen atoms in total. The zero-order chi connectivity index (χ0) is 12.4. The van der Waals surface area contributed by atoms with Crippen LogP contribution in [0.4, 0.5) is 0 Å². The molecule has 3 rings (SSSR count). The summed E-state index contributed by atoms with van der Waals surface area (Å²) in [5, 5.41) is 9.03. The van der Waals surface area contributed by atoms with Gasteiger partial charge in [0.05, 0.1) is 5.69 Å². The molecule has 0 atom stereocenters. The second kappa shape index (κ2) is 4.22. The summed E-state index contributed by atoms with van der Waals surface area (Å²) in [5.41, 5.74) is 2.38. The molecule has 0 amide bonds. The minimum absolute atomic E-state index is 0.338. The van der Waals surface area contributed by atoms with E-state index in [0.29, 0.717) is 17.9 Å². The Bertz CT molecular complexity index is 725. The predicted octanol–water partition coefficient (Wildman–Crippen LogP) is 0.982. The molecule has 0 spiro atoms. The van der Waals surface area contributed by atoms with Gasteiger partial charge in [-0.1, -0.05) is 0 Å². The van der Waals surface area contributed by atoms with Gasteiger partial charge in [-0.2, -0.15) is 5.26 Å². The van der Waals surface area contributed by atoms with E-state index >= 15 is 0 Å². The normalized spacial score (nSPS) is 10.4. The topological polar surface area (TPSA) is 79.8 Å². The van der Waals surface area contributed by atoms with Gasteiger partial charge in [0.25, 0.3) is 0 Å². The molecule has 86 valence electrons. The number of nitrogens with zero attached hydrogens (tertiary/aromatic N) is 6. The van der Waals surface area contributed by atoms with E-state index in [1.54, 1.807) is 35.3 Å². The lowest BCUT2D eigenvalue weighted by molar-refractivity contribution is 1.04. The molecule has 3 aromatic rings. The molecule has 3 heterocycles. The highest BCUT2D eigenvalue weighted by Gasteiger charge is 2.11. The molecule has 0 saturated carbocycles. The third-order valence-electron chi connectivity index (χ3n) is 2.56. The fraction of sp³-hybridized carbons (Fsp3) is 0.0833. The molecule has 0 aliphatic heterocycles. The fourth-order valence-electron chi connectivity index (χ4n) is 1.80. The van der Waals surface area contributed by atoms with Crippen LogP contribution in [-0.2, 0) is 6.42 Å². The summed E-state index contributed by atoms with van der Waals surface area (Å²) >= 11 is 0. The van der Waals surface area contributed by atoms with Crippen molar-refractivity contribution >= 4 is 5.65 Å². The maximum absolute atomic E-state index is 9.03. The maximum atomic E-state index is 9.03. The number of rotatable bonds is 2. The molecule has 0 aromatic carbocycles. The third-order valence-corrected chi connectivity index (χ3v) is 2.56. The summed E-state index contributed by atoms with van der Waals surface area (Å²) in [6.45, 7) is 0. The Morgan fingerprint density at radius 1 is 1.28 bits per heavy atom. The van der Waals surface area contributed by atoms with Crippen LogP contribution in [0.5, 0.6) is 0 Å². The number of nitriles is 1. The minimum Gasteiger partial charge on any atom is -0.275 e. The SMILES string of the molecule is N#Cc1nc(Cc2cncnc2)c2ncccn12. The lowest BCUT2D eigenvalue weighted by Crippen LogP contribution is -1.93. The number of imidazole rings is 1. The van der Waals surface area contributed by atoms with E-state index < -0.39 is 0 Å². The maximum Gasteiger partial charge on any atom is 0.218 e. The van der Waals surface area contributed by atoms with Crippen molar-refractivity contribution in [3.05, 3.63) is 54.3 Å². The lowest BCUT2D eigenvalue weighted by Gasteiger charge is -1.97. The van der Waals surface area contributed by atoms with E-state index in [1.165, 1.54) is 6.33 Å². The van der Waals surface area contributed by atoms with E-state index in [0.717, 1.165) is 11.3 Å². The summed E-state index contributed by atoms with van der Waals surface area (Å²) in [6.07, 6.45) is 8.96. The molecule has 0 aliphatic rings. The fourth-order valence-corrected chi connectivity index (χ4v) is 1.80. The minimum atomic E-state index is 0.338. The van der Waals surface area contributed by atoms with Crippen LogP contribution in [0.15, 0.2) is 37.2 Å². The average molecular weight is 236 g/mol. The summed E-state index contributed by atoms with van der Waals surface area (Å²) < 4.78 is 1.68. The van der Waals surface area contributed by atoms with E-state index in [1.807, 2.05) is 0 Å². The molecule has 6 heteroatoms. The smallest absolute Gasteiger partial charge is 0.218 e. The van der Waals surface area contributed by atoms with E-state index in [9.17, 15) is 0 Å². The van der Waals surface area contributed by atoms with Crippen LogP contribution in [0, 0.1) is 11.3 Å². The van der Waals surface area contributed by atoms with Gasteiger partial charge in [-0.25, -0.2) is 19.9 Å². The summed E-state index contributed by atoms with van der Waals surface area (Å²) in [5.74, 6) is 0.338. The Labute approximate surface area is 103 Å². The average Bonchev–Trinajstić information content (AvgIpc) is 2.78. The Balaban J connectivity index is 2.11. The predicted molar refractivity (Wildman–Crippen MR) is 62.5 cm³/mol. The largest absolute Gasteiger partial charge is 0.275 e. The van der Waals surface area contributed by atoms with Gasteiger partial charge < -0.3 is 0 Å². The molecule has 0 bridgehead atoms. The number of hydrogen-bond donors (Lipinski definition) is 0. The van der Waals surface area contributed by atoms with Gasteiger partial charge >= 0.3 is 0 Å². The van der Waals surface area contributed by atoms with Crippen molar-refractivity contribution in [3.63, 3.8) is 0 Å². The molecule has 3 aromatic heterocycles. The van der Waals surface area contributed by atoms with Crippen molar-refractivity contribution in [1.82, 2.24) is 24.3 Å². The Morgan fingerprint density at radius 3 is 2.89 bits per heavy atom. The van der Waals surface area contributed by atoms with Gasteiger partial charge in [-0.05, 0) is 11.6 Å². The van der Waals surface area contributed by atoms with Crippen LogP contribution in [-0.4, -0.2) is 24.3 Å². The second-order valence-corrected chi connectivity index (χ2v) is 3.73. The molecular weight excluding hydrogens is 228 g/mol. The quantitative estimate of drug-likeness (QED) is 0.662. The summed E-state index contributed by atoms with van der Waals surface area (Å²) in [4.78, 5) is 16.5. The molecule has 0 radical (unpaired) electrons. The molecule has 0 saturated heterocycles. The molecule has 18 heavy (non-hydrogen) atoms. The first kappa shape index (κ1) is 10.4. The molecule has 0 N–H and O–H groups in total. The van der Waals surface area contributed by atoms with Crippen molar-refractivity contribution in [3.8, 4) is 6.07 Å². The van der Waals surface area contributed by atoms with Gasteiger partial charge in [0.15, 0.2) is 5.65 Å². The van der Waals surface area contributed by atoms with Gasteiger partial charge in [0.2, 0.25) is 5.82 Å². The van der Waals surface area contributed by atoms with Crippen molar-refractivity contribution in [2.75, 3.05) is 0 Å². The van der Waals surface area contributed by atoms with Crippen molar-refractivity contribution < 1.29 is 0 Å². The van der Waals surface area contributed by atoms with E-state index in [4.69, 9.17) is 5.26 Å². The molecule has 0 aliphatic carbocycles. The van der Waals surface area contributed by atoms with Gasteiger partial charge in [0, 0.05) is 31.2 Å². The Morgan fingerprint density at radius 2 is 2.11 bits per heavy atom. The molecule has 0 fully saturated rings. The van der Waals surface area contributed by atoms with E-state index in [-0.39, 0.29) is 0 Å². The Hall–Kier alpha value is -2.81. The van der Waals surface area contributed by atoms with Crippen LogP contribution in [0.25, 0.3) is 5.65 Å². The van der Waals surface area contributed by atoms with Gasteiger partial charge in [0.1, 0.15) is 12.4 Å². The Kier molecular flexibility index (Phi) is 2.43. The number of aromatic nitrogens is 5. The van der Waals surface area contributed by atoms with Crippen LogP contribution >= 0.6 is 0 Å². The van der Waals surface area contributed by atoms with Crippen molar-refractivity contribution in [1.29, 1.82) is 5.26 Å². The monoisotopic (exact) mass is 236 g/mol. The third kappa shape index (κ3) is 1.68. The lowest BCUT2D eigenvalue weighted by atomic mass is 10.2. The number of hydrogen-bond acceptors (Lipinski definition) is 5. The van der Waals surface area contributed by atoms with Gasteiger partial charge in [-0.3, -0.25) is 4.40 Å². The summed E-state index contributed by atoms with van der Waals surface area (Å²) in [6, 6.07) is 3.83. The van der Waals surface area contributed by atoms with E-state index in [2.05, 4.69) is 26.0 Å². The first-order valence-electron chi connectivity index (χ1n) is 5.34. The highest BCUT2D eigenvalue weighted by Crippen LogP contribution is 2.13. The standard InChI is InChI=1S/C12H8N6/c13-5-11-17-10(4-9-6-14-8-15-7-9)12-16-2-1-3-18(11)12/h1-3,6-8H,4H2. The van der Waals surface area contributed by atoms with Crippen LogP contribution in [0.1, 0.15) is 17.1 Å². The first-order chi connectivity index (χ1) is 8.88. The number of fused-ring (bicyclic) bond motifs is 1. The molecular formula is C12H8N6. The van der Waals surface area contributed by atoms with Crippen molar-refractivity contribution in [2.24, 2.45) is 0 Å². The highest BCUT2D eigenvalue weighted by atomic mass is 15.1. The van der Waals surface area contributed by atoms with Crippen LogP contribution < -0.4 is 0 Å². The van der Waals surface area contributed by atoms with Gasteiger partial charge in [-0.15, -0.1) is 0 Å². The molecule has 0 unspecified atom stereocenters. The first-order valence-corrected chi connectivity index (χ1v) is 5.34. The summed E-state index contributed by atoms with van der Waals surface area (Å²) in [7, 11) is 0. The zero-order valence-electron chi connectivity index (χ0n) is 9.35. The van der Waals surface area contributed by atoms with Crippen LogP contribution in [0.3, 0.4) is 0 Å². The second-order valence-electron chi connectivity index (χ2n) is 3.73. The zero-order valence-corrected chi connectivity index (χ0v) is 9.35. The highest BCUT2D eigenvalue weighted by molar-refractivity contribution is 5.49. The van der Waals surface area contributed by atoms with Crippen LogP contribution in [0.2, 0.25) is 0 Å². The van der Waals surface area contributed by atoms with Crippen molar-refractivity contribution in [2.45, 2.75) is 6.42 Å².